The monoisotopic (exact) mass is 337 g/mol. The van der Waals surface area contributed by atoms with Crippen LogP contribution in [0.2, 0.25) is 0 Å². The smallest absolute Gasteiger partial charge is 0.326 e. The van der Waals surface area contributed by atoms with E-state index in [4.69, 9.17) is 4.74 Å². The Hall–Kier alpha value is -1.93. The van der Waals surface area contributed by atoms with Crippen LogP contribution < -0.4 is 11.2 Å². The Morgan fingerprint density at radius 1 is 1.33 bits per heavy atom. The Bertz CT molecular complexity index is 693. The molecule has 0 aromatic carbocycles. The number of H-pyrrole nitrogens is 2. The quantitative estimate of drug-likeness (QED) is 0.685. The van der Waals surface area contributed by atoms with Gasteiger partial charge in [0.25, 0.3) is 11.5 Å². The van der Waals surface area contributed by atoms with Gasteiger partial charge in [-0.1, -0.05) is 6.92 Å². The van der Waals surface area contributed by atoms with Gasteiger partial charge in [0.15, 0.2) is 0 Å². The molecule has 3 heterocycles. The number of carbonyl (C=O) groups is 1. The van der Waals surface area contributed by atoms with E-state index < -0.39 is 16.9 Å². The summed E-state index contributed by atoms with van der Waals surface area (Å²) < 4.78 is 5.37. The van der Waals surface area contributed by atoms with Crippen molar-refractivity contribution in [2.45, 2.75) is 31.8 Å². The first kappa shape index (κ1) is 16.9. The van der Waals surface area contributed by atoms with Crippen LogP contribution in [-0.2, 0) is 4.74 Å². The van der Waals surface area contributed by atoms with Gasteiger partial charge >= 0.3 is 5.69 Å². The van der Waals surface area contributed by atoms with Crippen LogP contribution >= 0.6 is 0 Å². The van der Waals surface area contributed by atoms with Crippen molar-refractivity contribution < 1.29 is 14.6 Å². The van der Waals surface area contributed by atoms with Gasteiger partial charge in [-0.2, -0.15) is 0 Å². The number of aromatic amines is 2. The van der Waals surface area contributed by atoms with Crippen LogP contribution in [0.5, 0.6) is 0 Å². The molecule has 2 aliphatic heterocycles. The number of ether oxygens (including phenoxy) is 1. The minimum atomic E-state index is -0.803. The van der Waals surface area contributed by atoms with Gasteiger partial charge in [-0.3, -0.25) is 14.6 Å². The van der Waals surface area contributed by atoms with Gasteiger partial charge in [0.2, 0.25) is 0 Å². The van der Waals surface area contributed by atoms with E-state index >= 15 is 0 Å². The molecule has 3 N–H and O–H groups in total. The van der Waals surface area contributed by atoms with Crippen LogP contribution in [0, 0.1) is 11.8 Å². The molecule has 8 heteroatoms. The van der Waals surface area contributed by atoms with Crippen LogP contribution in [0.4, 0.5) is 0 Å². The number of hydrogen-bond donors (Lipinski definition) is 3. The molecule has 0 saturated carbocycles. The maximum atomic E-state index is 12.5. The zero-order valence-electron chi connectivity index (χ0n) is 13.7. The molecule has 2 atom stereocenters. The fraction of sp³-hybridized carbons (Fsp3) is 0.688. The predicted octanol–water partition coefficient (Wildman–Crippen LogP) is -0.297. The van der Waals surface area contributed by atoms with E-state index in [1.807, 2.05) is 11.9 Å². The van der Waals surface area contributed by atoms with Crippen molar-refractivity contribution >= 4 is 5.91 Å². The Morgan fingerprint density at radius 2 is 2.04 bits per heavy atom. The summed E-state index contributed by atoms with van der Waals surface area (Å²) in [6, 6.07) is 1.09. The molecule has 132 valence electrons. The lowest BCUT2D eigenvalue weighted by molar-refractivity contribution is -0.125. The van der Waals surface area contributed by atoms with Crippen molar-refractivity contribution in [2.24, 2.45) is 11.8 Å². The molecule has 0 bridgehead atoms. The highest BCUT2D eigenvalue weighted by atomic mass is 16.5. The first-order valence-corrected chi connectivity index (χ1v) is 8.33. The van der Waals surface area contributed by atoms with Crippen LogP contribution in [0.1, 0.15) is 36.7 Å². The van der Waals surface area contributed by atoms with E-state index in [1.165, 1.54) is 0 Å². The minimum absolute atomic E-state index is 0.0209. The summed E-state index contributed by atoms with van der Waals surface area (Å²) in [5, 5.41) is 11.1. The molecule has 24 heavy (non-hydrogen) atoms. The number of aromatic nitrogens is 2. The summed E-state index contributed by atoms with van der Waals surface area (Å²) in [5.74, 6) is -0.302. The molecule has 1 amide bonds. The van der Waals surface area contributed by atoms with Crippen LogP contribution in [0.3, 0.4) is 0 Å². The summed E-state index contributed by atoms with van der Waals surface area (Å²) in [5.41, 5.74) is -2.13. The molecule has 0 aliphatic carbocycles. The Kier molecular flexibility index (Phi) is 4.60. The standard InChI is InChI=1S/C16H23N3O5/c1-10-9-19(14(21)12-8-13(20)18-15(22)17-12)5-4-16(10,23)11-2-6-24-7-3-11/h8,10-11,23H,2-7,9H2,1H3,(H2,17,18,20,22)/t10-,16+/m1/s1. The minimum Gasteiger partial charge on any atom is -0.389 e. The molecule has 8 nitrogen and oxygen atoms in total. The molecule has 2 fully saturated rings. The van der Waals surface area contributed by atoms with Crippen molar-refractivity contribution in [3.05, 3.63) is 32.6 Å². The van der Waals surface area contributed by atoms with E-state index in [-0.39, 0.29) is 23.4 Å². The highest BCUT2D eigenvalue weighted by molar-refractivity contribution is 5.92. The number of amides is 1. The van der Waals surface area contributed by atoms with Crippen LogP contribution in [0.25, 0.3) is 0 Å². The molecule has 3 rings (SSSR count). The maximum Gasteiger partial charge on any atom is 0.326 e. The van der Waals surface area contributed by atoms with Gasteiger partial charge in [0.05, 0.1) is 5.60 Å². The highest BCUT2D eigenvalue weighted by Crippen LogP contribution is 2.39. The number of hydrogen-bond acceptors (Lipinski definition) is 5. The zero-order chi connectivity index (χ0) is 17.3. The average molecular weight is 337 g/mol. The summed E-state index contributed by atoms with van der Waals surface area (Å²) in [4.78, 5) is 41.2. The largest absolute Gasteiger partial charge is 0.389 e. The molecule has 1 aromatic rings. The van der Waals surface area contributed by atoms with Crippen molar-refractivity contribution in [3.8, 4) is 0 Å². The number of nitrogens with zero attached hydrogens (tertiary/aromatic N) is 1. The van der Waals surface area contributed by atoms with Crippen LogP contribution in [0.15, 0.2) is 15.7 Å². The van der Waals surface area contributed by atoms with Crippen LogP contribution in [-0.4, -0.2) is 57.8 Å². The molecular formula is C16H23N3O5. The Morgan fingerprint density at radius 3 is 2.67 bits per heavy atom. The van der Waals surface area contributed by atoms with Gasteiger partial charge < -0.3 is 19.7 Å². The average Bonchev–Trinajstić information content (AvgIpc) is 2.56. The molecule has 0 spiro atoms. The van der Waals surface area contributed by atoms with E-state index in [1.54, 1.807) is 4.90 Å². The molecular weight excluding hydrogens is 314 g/mol. The Balaban J connectivity index is 1.73. The van der Waals surface area contributed by atoms with Gasteiger partial charge in [-0.15, -0.1) is 0 Å². The fourth-order valence-corrected chi connectivity index (χ4v) is 3.88. The van der Waals surface area contributed by atoms with E-state index in [9.17, 15) is 19.5 Å². The van der Waals surface area contributed by atoms with Crippen molar-refractivity contribution in [1.29, 1.82) is 0 Å². The molecule has 2 aliphatic rings. The third kappa shape index (κ3) is 3.16. The normalized spacial score (nSPS) is 28.8. The topological polar surface area (TPSA) is 115 Å². The fourth-order valence-electron chi connectivity index (χ4n) is 3.88. The third-order valence-corrected chi connectivity index (χ3v) is 5.34. The van der Waals surface area contributed by atoms with E-state index in [0.29, 0.717) is 32.7 Å². The van der Waals surface area contributed by atoms with Gasteiger partial charge in [-0.05, 0) is 25.2 Å². The molecule has 1 aromatic heterocycles. The number of likely N-dealkylation sites (tertiary alicyclic amines) is 1. The first-order chi connectivity index (χ1) is 11.4. The SMILES string of the molecule is C[C@@H]1CN(C(=O)c2cc(=O)[nH]c(=O)[nH]2)CC[C@@]1(O)C1CCOCC1. The highest BCUT2D eigenvalue weighted by Gasteiger charge is 2.46. The molecule has 0 unspecified atom stereocenters. The van der Waals surface area contributed by atoms with Gasteiger partial charge in [0, 0.05) is 38.3 Å². The second-order valence-corrected chi connectivity index (χ2v) is 6.78. The van der Waals surface area contributed by atoms with E-state index in [0.717, 1.165) is 18.9 Å². The van der Waals surface area contributed by atoms with Gasteiger partial charge in [-0.25, -0.2) is 4.79 Å². The lowest BCUT2D eigenvalue weighted by Crippen LogP contribution is -2.57. The number of aliphatic hydroxyl groups is 1. The number of nitrogens with one attached hydrogen (secondary N) is 2. The molecule has 0 radical (unpaired) electrons. The summed E-state index contributed by atoms with van der Waals surface area (Å²) in [6.07, 6.45) is 2.14. The maximum absolute atomic E-state index is 12.5. The van der Waals surface area contributed by atoms with Gasteiger partial charge in [0.1, 0.15) is 5.69 Å². The summed E-state index contributed by atoms with van der Waals surface area (Å²) in [6.45, 7) is 4.05. The second kappa shape index (κ2) is 6.52. The Labute approximate surface area is 138 Å². The number of rotatable bonds is 2. The molecule has 2 saturated heterocycles. The number of piperidine rings is 1. The zero-order valence-corrected chi connectivity index (χ0v) is 13.7. The van der Waals surface area contributed by atoms with Crippen molar-refractivity contribution in [3.63, 3.8) is 0 Å². The van der Waals surface area contributed by atoms with Crippen molar-refractivity contribution in [2.75, 3.05) is 26.3 Å². The lowest BCUT2D eigenvalue weighted by atomic mass is 9.70. The third-order valence-electron chi connectivity index (χ3n) is 5.34. The summed E-state index contributed by atoms with van der Waals surface area (Å²) in [7, 11) is 0. The van der Waals surface area contributed by atoms with Crippen molar-refractivity contribution in [1.82, 2.24) is 14.9 Å². The lowest BCUT2D eigenvalue weighted by Gasteiger charge is -2.48. The predicted molar refractivity (Wildman–Crippen MR) is 85.9 cm³/mol. The van der Waals surface area contributed by atoms with E-state index in [2.05, 4.69) is 4.98 Å². The first-order valence-electron chi connectivity index (χ1n) is 8.33. The summed E-state index contributed by atoms with van der Waals surface area (Å²) >= 11 is 0. The second-order valence-electron chi connectivity index (χ2n) is 6.78. The number of carbonyl (C=O) groups excluding carboxylic acids is 1.